The standard InChI is InChI=1S/C12H17BrClNO3S/c1-8(6-14)7-19(16,17)15-12-9(2)4-10(13)5-11(12)18-3/h4-5,8,15H,6-7H2,1-3H3. The number of anilines is 1. The lowest BCUT2D eigenvalue weighted by Gasteiger charge is -2.16. The summed E-state index contributed by atoms with van der Waals surface area (Å²) in [6, 6.07) is 3.54. The van der Waals surface area contributed by atoms with Gasteiger partial charge in [-0.05, 0) is 30.5 Å². The number of rotatable bonds is 6. The summed E-state index contributed by atoms with van der Waals surface area (Å²) in [5, 5.41) is 0. The van der Waals surface area contributed by atoms with Crippen molar-refractivity contribution in [3.05, 3.63) is 22.2 Å². The summed E-state index contributed by atoms with van der Waals surface area (Å²) >= 11 is 8.99. The number of halogens is 2. The summed E-state index contributed by atoms with van der Waals surface area (Å²) in [5.74, 6) is 0.655. The molecule has 1 atom stereocenters. The fourth-order valence-electron chi connectivity index (χ4n) is 1.62. The van der Waals surface area contributed by atoms with Crippen LogP contribution >= 0.6 is 27.5 Å². The quantitative estimate of drug-likeness (QED) is 0.781. The summed E-state index contributed by atoms with van der Waals surface area (Å²) in [7, 11) is -1.94. The van der Waals surface area contributed by atoms with Gasteiger partial charge in [0.2, 0.25) is 10.0 Å². The molecular weight excluding hydrogens is 354 g/mol. The molecule has 0 fully saturated rings. The number of ether oxygens (including phenoxy) is 1. The lowest BCUT2D eigenvalue weighted by Crippen LogP contribution is -2.22. The van der Waals surface area contributed by atoms with Crippen molar-refractivity contribution in [2.45, 2.75) is 13.8 Å². The highest BCUT2D eigenvalue weighted by Gasteiger charge is 2.18. The number of methoxy groups -OCH3 is 1. The molecule has 1 rings (SSSR count). The maximum absolute atomic E-state index is 12.0. The van der Waals surface area contributed by atoms with E-state index in [0.717, 1.165) is 10.0 Å². The van der Waals surface area contributed by atoms with Crippen molar-refractivity contribution in [2.75, 3.05) is 23.5 Å². The Balaban J connectivity index is 3.05. The molecule has 0 aliphatic heterocycles. The van der Waals surface area contributed by atoms with Crippen LogP contribution in [0.15, 0.2) is 16.6 Å². The minimum atomic E-state index is -3.44. The molecule has 1 N–H and O–H groups in total. The van der Waals surface area contributed by atoms with Crippen LogP contribution in [0.3, 0.4) is 0 Å². The van der Waals surface area contributed by atoms with E-state index in [0.29, 0.717) is 17.3 Å². The Hall–Kier alpha value is -0.460. The third-order valence-electron chi connectivity index (χ3n) is 2.51. The van der Waals surface area contributed by atoms with Gasteiger partial charge >= 0.3 is 0 Å². The molecule has 0 heterocycles. The van der Waals surface area contributed by atoms with Gasteiger partial charge in [0, 0.05) is 10.4 Å². The second-order valence-corrected chi connectivity index (χ2v) is 7.43. The minimum Gasteiger partial charge on any atom is -0.495 e. The molecule has 19 heavy (non-hydrogen) atoms. The first kappa shape index (κ1) is 16.6. The van der Waals surface area contributed by atoms with Crippen LogP contribution in [-0.4, -0.2) is 27.2 Å². The van der Waals surface area contributed by atoms with Gasteiger partial charge in [0.25, 0.3) is 0 Å². The van der Waals surface area contributed by atoms with Crippen LogP contribution in [0, 0.1) is 12.8 Å². The van der Waals surface area contributed by atoms with E-state index in [-0.39, 0.29) is 11.7 Å². The zero-order valence-electron chi connectivity index (χ0n) is 11.0. The highest BCUT2D eigenvalue weighted by atomic mass is 79.9. The van der Waals surface area contributed by atoms with Gasteiger partial charge in [-0.15, -0.1) is 11.6 Å². The van der Waals surface area contributed by atoms with E-state index in [9.17, 15) is 8.42 Å². The summed E-state index contributed by atoms with van der Waals surface area (Å²) in [5.41, 5.74) is 1.25. The number of hydrogen-bond donors (Lipinski definition) is 1. The second-order valence-electron chi connectivity index (χ2n) is 4.44. The fraction of sp³-hybridized carbons (Fsp3) is 0.500. The predicted octanol–water partition coefficient (Wildman–Crippen LogP) is 3.38. The number of alkyl halides is 1. The average molecular weight is 371 g/mol. The van der Waals surface area contributed by atoms with Crippen LogP contribution < -0.4 is 9.46 Å². The zero-order valence-corrected chi connectivity index (χ0v) is 14.2. The molecule has 1 unspecified atom stereocenters. The van der Waals surface area contributed by atoms with Crippen molar-refractivity contribution in [3.8, 4) is 5.75 Å². The van der Waals surface area contributed by atoms with Crippen LogP contribution in [0.5, 0.6) is 5.75 Å². The van der Waals surface area contributed by atoms with Gasteiger partial charge in [-0.2, -0.15) is 0 Å². The van der Waals surface area contributed by atoms with Crippen LogP contribution in [0.2, 0.25) is 0 Å². The molecule has 0 bridgehead atoms. The van der Waals surface area contributed by atoms with Crippen LogP contribution in [0.1, 0.15) is 12.5 Å². The van der Waals surface area contributed by atoms with Gasteiger partial charge in [-0.1, -0.05) is 22.9 Å². The highest BCUT2D eigenvalue weighted by Crippen LogP contribution is 2.33. The van der Waals surface area contributed by atoms with Gasteiger partial charge < -0.3 is 4.74 Å². The van der Waals surface area contributed by atoms with E-state index < -0.39 is 10.0 Å². The number of hydrogen-bond acceptors (Lipinski definition) is 3. The maximum atomic E-state index is 12.0. The summed E-state index contributed by atoms with van der Waals surface area (Å²) in [6.07, 6.45) is 0. The number of benzene rings is 1. The van der Waals surface area contributed by atoms with E-state index in [1.54, 1.807) is 13.0 Å². The molecule has 0 aromatic heterocycles. The molecule has 0 aliphatic rings. The normalized spacial score (nSPS) is 13.1. The highest BCUT2D eigenvalue weighted by molar-refractivity contribution is 9.10. The lowest BCUT2D eigenvalue weighted by atomic mass is 10.2. The maximum Gasteiger partial charge on any atom is 0.233 e. The number of nitrogens with one attached hydrogen (secondary N) is 1. The van der Waals surface area contributed by atoms with Gasteiger partial charge in [-0.3, -0.25) is 4.72 Å². The van der Waals surface area contributed by atoms with Gasteiger partial charge in [0.15, 0.2) is 0 Å². The van der Waals surface area contributed by atoms with Crippen LogP contribution in [0.25, 0.3) is 0 Å². The van der Waals surface area contributed by atoms with Gasteiger partial charge in [0.1, 0.15) is 5.75 Å². The third-order valence-corrected chi connectivity index (χ3v) is 5.02. The lowest BCUT2D eigenvalue weighted by molar-refractivity contribution is 0.416. The van der Waals surface area contributed by atoms with Crippen LogP contribution in [0.4, 0.5) is 5.69 Å². The van der Waals surface area contributed by atoms with E-state index in [1.165, 1.54) is 7.11 Å². The van der Waals surface area contributed by atoms with Crippen molar-refractivity contribution in [3.63, 3.8) is 0 Å². The molecule has 4 nitrogen and oxygen atoms in total. The Morgan fingerprint density at radius 3 is 2.63 bits per heavy atom. The molecular formula is C12H17BrClNO3S. The summed E-state index contributed by atoms with van der Waals surface area (Å²) in [6.45, 7) is 3.61. The molecule has 0 radical (unpaired) electrons. The topological polar surface area (TPSA) is 55.4 Å². The first-order valence-electron chi connectivity index (χ1n) is 5.69. The monoisotopic (exact) mass is 369 g/mol. The van der Waals surface area contributed by atoms with Crippen molar-refractivity contribution < 1.29 is 13.2 Å². The van der Waals surface area contributed by atoms with E-state index in [1.807, 2.05) is 13.0 Å². The predicted molar refractivity (Wildman–Crippen MR) is 82.7 cm³/mol. The first-order chi connectivity index (χ1) is 8.79. The fourth-order valence-corrected chi connectivity index (χ4v) is 3.93. The number of sulfonamides is 1. The molecule has 0 saturated heterocycles. The minimum absolute atomic E-state index is 0.0187. The van der Waals surface area contributed by atoms with Crippen molar-refractivity contribution in [2.24, 2.45) is 5.92 Å². The molecule has 1 aromatic carbocycles. The molecule has 7 heteroatoms. The Labute approximate surface area is 127 Å². The van der Waals surface area contributed by atoms with E-state index >= 15 is 0 Å². The SMILES string of the molecule is COc1cc(Br)cc(C)c1NS(=O)(=O)CC(C)CCl. The van der Waals surface area contributed by atoms with Crippen LogP contribution in [-0.2, 0) is 10.0 Å². The Bertz CT molecular complexity index is 548. The van der Waals surface area contributed by atoms with Gasteiger partial charge in [-0.25, -0.2) is 8.42 Å². The van der Waals surface area contributed by atoms with Crippen molar-refractivity contribution >= 4 is 43.2 Å². The number of aryl methyl sites for hydroxylation is 1. The average Bonchev–Trinajstić information content (AvgIpc) is 2.31. The van der Waals surface area contributed by atoms with E-state index in [4.69, 9.17) is 16.3 Å². The molecule has 0 aliphatic carbocycles. The Morgan fingerprint density at radius 2 is 2.11 bits per heavy atom. The second kappa shape index (κ2) is 6.81. The molecule has 1 aromatic rings. The smallest absolute Gasteiger partial charge is 0.233 e. The molecule has 0 saturated carbocycles. The first-order valence-corrected chi connectivity index (χ1v) is 8.67. The third kappa shape index (κ3) is 4.85. The van der Waals surface area contributed by atoms with E-state index in [2.05, 4.69) is 20.7 Å². The largest absolute Gasteiger partial charge is 0.495 e. The molecule has 108 valence electrons. The Kier molecular flexibility index (Phi) is 5.95. The summed E-state index contributed by atoms with van der Waals surface area (Å²) < 4.78 is 32.7. The summed E-state index contributed by atoms with van der Waals surface area (Å²) in [4.78, 5) is 0. The zero-order chi connectivity index (χ0) is 14.6. The van der Waals surface area contributed by atoms with Crippen molar-refractivity contribution in [1.82, 2.24) is 0 Å². The van der Waals surface area contributed by atoms with Crippen molar-refractivity contribution in [1.29, 1.82) is 0 Å². The molecule has 0 amide bonds. The van der Waals surface area contributed by atoms with Gasteiger partial charge in [0.05, 0.1) is 18.6 Å². The Morgan fingerprint density at radius 1 is 1.47 bits per heavy atom. The molecule has 0 spiro atoms.